The third kappa shape index (κ3) is 5.06. The van der Waals surface area contributed by atoms with Gasteiger partial charge < -0.3 is 5.32 Å². The van der Waals surface area contributed by atoms with Gasteiger partial charge >= 0.3 is 0 Å². The lowest BCUT2D eigenvalue weighted by Crippen LogP contribution is -2.35. The lowest BCUT2D eigenvalue weighted by atomic mass is 10.0. The topological polar surface area (TPSA) is 83.6 Å². The van der Waals surface area contributed by atoms with E-state index in [0.29, 0.717) is 17.2 Å². The first kappa shape index (κ1) is 23.2. The summed E-state index contributed by atoms with van der Waals surface area (Å²) in [5.41, 5.74) is 0.707. The van der Waals surface area contributed by atoms with Crippen molar-refractivity contribution in [1.29, 1.82) is 0 Å². The summed E-state index contributed by atoms with van der Waals surface area (Å²) in [5, 5.41) is 2.35. The second-order valence-electron chi connectivity index (χ2n) is 7.07. The van der Waals surface area contributed by atoms with Crippen molar-refractivity contribution in [2.75, 3.05) is 18.9 Å². The van der Waals surface area contributed by atoms with Crippen LogP contribution in [0, 0.1) is 11.6 Å². The van der Waals surface area contributed by atoms with E-state index in [1.165, 1.54) is 38.2 Å². The van der Waals surface area contributed by atoms with E-state index in [1.54, 1.807) is 30.3 Å². The number of rotatable bonds is 7. The van der Waals surface area contributed by atoms with Crippen molar-refractivity contribution in [1.82, 2.24) is 4.31 Å². The molecule has 0 bridgehead atoms. The predicted molar refractivity (Wildman–Crippen MR) is 117 cm³/mol. The highest BCUT2D eigenvalue weighted by molar-refractivity contribution is 7.89. The first-order chi connectivity index (χ1) is 15.1. The number of sulfonamides is 1. The van der Waals surface area contributed by atoms with Crippen LogP contribution in [-0.2, 0) is 14.8 Å². The largest absolute Gasteiger partial charge is 0.322 e. The molecule has 1 amide bonds. The lowest BCUT2D eigenvalue weighted by Gasteiger charge is -2.18. The fourth-order valence-corrected chi connectivity index (χ4v) is 4.18. The molecule has 0 aliphatic carbocycles. The van der Waals surface area contributed by atoms with Gasteiger partial charge in [-0.1, -0.05) is 42.5 Å². The van der Waals surface area contributed by atoms with E-state index in [2.05, 4.69) is 5.32 Å². The number of benzene rings is 3. The van der Waals surface area contributed by atoms with Gasteiger partial charge in [0.05, 0.1) is 17.1 Å². The van der Waals surface area contributed by atoms with Crippen LogP contribution in [0.3, 0.4) is 0 Å². The number of carbonyl (C=O) groups is 2. The second-order valence-corrected chi connectivity index (χ2v) is 9.11. The summed E-state index contributed by atoms with van der Waals surface area (Å²) in [6, 6.07) is 15.4. The van der Waals surface area contributed by atoms with Crippen molar-refractivity contribution in [3.05, 3.63) is 83.9 Å². The Morgan fingerprint density at radius 2 is 1.59 bits per heavy atom. The molecule has 0 aromatic heterocycles. The first-order valence-corrected chi connectivity index (χ1v) is 11.0. The maximum atomic E-state index is 14.5. The number of nitrogens with one attached hydrogen (secondary N) is 1. The molecule has 166 valence electrons. The molecule has 32 heavy (non-hydrogen) atoms. The zero-order valence-corrected chi connectivity index (χ0v) is 18.1. The molecule has 0 saturated carbocycles. The van der Waals surface area contributed by atoms with Crippen molar-refractivity contribution in [3.63, 3.8) is 0 Å². The normalized spacial score (nSPS) is 11.4. The Kier molecular flexibility index (Phi) is 6.81. The third-order valence-corrected chi connectivity index (χ3v) is 6.56. The molecular formula is C23H20F2N2O4S. The fraction of sp³-hybridized carbons (Fsp3) is 0.130. The molecule has 0 spiro atoms. The van der Waals surface area contributed by atoms with Crippen molar-refractivity contribution in [2.24, 2.45) is 0 Å². The van der Waals surface area contributed by atoms with Gasteiger partial charge in [-0.05, 0) is 30.7 Å². The van der Waals surface area contributed by atoms with Crippen molar-refractivity contribution in [3.8, 4) is 11.1 Å². The Balaban J connectivity index is 1.82. The molecule has 0 unspecified atom stereocenters. The molecule has 1 N–H and O–H groups in total. The molecule has 0 aliphatic heterocycles. The molecule has 9 heteroatoms. The van der Waals surface area contributed by atoms with Crippen LogP contribution in [0.5, 0.6) is 0 Å². The Bertz CT molecular complexity index is 1260. The van der Waals surface area contributed by atoms with Gasteiger partial charge in [0.2, 0.25) is 15.9 Å². The molecule has 6 nitrogen and oxygen atoms in total. The van der Waals surface area contributed by atoms with Gasteiger partial charge in [-0.25, -0.2) is 17.2 Å². The minimum atomic E-state index is -4.04. The monoisotopic (exact) mass is 458 g/mol. The number of Topliss-reactive ketones (excluding diaryl/α,β-unsaturated/α-hetero) is 1. The highest BCUT2D eigenvalue weighted by Gasteiger charge is 2.24. The van der Waals surface area contributed by atoms with E-state index < -0.39 is 34.1 Å². The summed E-state index contributed by atoms with van der Waals surface area (Å²) in [7, 11) is -2.84. The number of likely N-dealkylation sites (N-methyl/N-ethyl adjacent to an activating group) is 1. The number of nitrogens with zero attached hydrogens (tertiary/aromatic N) is 1. The Morgan fingerprint density at radius 1 is 0.969 bits per heavy atom. The number of amides is 1. The van der Waals surface area contributed by atoms with Gasteiger partial charge in [0, 0.05) is 24.2 Å². The van der Waals surface area contributed by atoms with Gasteiger partial charge in [0.1, 0.15) is 11.6 Å². The second kappa shape index (κ2) is 9.37. The Morgan fingerprint density at radius 3 is 2.19 bits per heavy atom. The van der Waals surface area contributed by atoms with Crippen LogP contribution in [0.2, 0.25) is 0 Å². The van der Waals surface area contributed by atoms with Crippen LogP contribution in [0.25, 0.3) is 11.1 Å². The van der Waals surface area contributed by atoms with E-state index in [0.717, 1.165) is 10.4 Å². The van der Waals surface area contributed by atoms with Crippen molar-refractivity contribution in [2.45, 2.75) is 11.8 Å². The zero-order chi connectivity index (χ0) is 23.5. The predicted octanol–water partition coefficient (Wildman–Crippen LogP) is 4.09. The number of anilines is 1. The van der Waals surface area contributed by atoms with Gasteiger partial charge in [0.25, 0.3) is 0 Å². The number of hydrogen-bond donors (Lipinski definition) is 1. The number of halogens is 2. The molecule has 0 atom stereocenters. The third-order valence-electron chi connectivity index (χ3n) is 4.74. The number of ketones is 1. The quantitative estimate of drug-likeness (QED) is 0.541. The van der Waals surface area contributed by atoms with E-state index in [9.17, 15) is 26.8 Å². The van der Waals surface area contributed by atoms with Gasteiger partial charge in [-0.2, -0.15) is 4.31 Å². The average molecular weight is 458 g/mol. The standard InChI is InChI=1S/C23H20F2N2O4S/c1-15(28)16-8-10-19(11-9-16)32(30,31)27(2)14-22(29)26-23-20(12-18(24)13-21(23)25)17-6-4-3-5-7-17/h3-13H,14H2,1-2H3,(H,26,29). The summed E-state index contributed by atoms with van der Waals surface area (Å²) >= 11 is 0. The van der Waals surface area contributed by atoms with Crippen LogP contribution < -0.4 is 5.32 Å². The molecule has 0 fully saturated rings. The highest BCUT2D eigenvalue weighted by Crippen LogP contribution is 2.31. The summed E-state index contributed by atoms with van der Waals surface area (Å²) in [4.78, 5) is 23.8. The van der Waals surface area contributed by atoms with Gasteiger partial charge in [-0.15, -0.1) is 0 Å². The zero-order valence-electron chi connectivity index (χ0n) is 17.3. The smallest absolute Gasteiger partial charge is 0.243 e. The molecule has 3 aromatic carbocycles. The summed E-state index contributed by atoms with van der Waals surface area (Å²) < 4.78 is 54.6. The summed E-state index contributed by atoms with van der Waals surface area (Å²) in [6.07, 6.45) is 0. The molecule has 3 rings (SSSR count). The average Bonchev–Trinajstić information content (AvgIpc) is 2.76. The summed E-state index contributed by atoms with van der Waals surface area (Å²) in [6.45, 7) is 0.750. The molecular weight excluding hydrogens is 438 g/mol. The highest BCUT2D eigenvalue weighted by atomic mass is 32.2. The fourth-order valence-electron chi connectivity index (χ4n) is 3.05. The molecule has 0 heterocycles. The summed E-state index contributed by atoms with van der Waals surface area (Å²) in [5.74, 6) is -2.81. The number of hydrogen-bond acceptors (Lipinski definition) is 4. The lowest BCUT2D eigenvalue weighted by molar-refractivity contribution is -0.116. The van der Waals surface area contributed by atoms with Crippen LogP contribution in [0.1, 0.15) is 17.3 Å². The van der Waals surface area contributed by atoms with E-state index >= 15 is 0 Å². The van der Waals surface area contributed by atoms with Gasteiger partial charge in [0.15, 0.2) is 5.78 Å². The van der Waals surface area contributed by atoms with Crippen molar-refractivity contribution < 1.29 is 26.8 Å². The molecule has 0 radical (unpaired) electrons. The van der Waals surface area contributed by atoms with E-state index in [-0.39, 0.29) is 21.9 Å². The van der Waals surface area contributed by atoms with E-state index in [4.69, 9.17) is 0 Å². The van der Waals surface area contributed by atoms with Crippen LogP contribution in [0.4, 0.5) is 14.5 Å². The minimum Gasteiger partial charge on any atom is -0.322 e. The first-order valence-electron chi connectivity index (χ1n) is 9.51. The van der Waals surface area contributed by atoms with Crippen LogP contribution >= 0.6 is 0 Å². The SMILES string of the molecule is CC(=O)c1ccc(S(=O)(=O)N(C)CC(=O)Nc2c(F)cc(F)cc2-c2ccccc2)cc1. The van der Waals surface area contributed by atoms with E-state index in [1.807, 2.05) is 0 Å². The molecule has 0 saturated heterocycles. The van der Waals surface area contributed by atoms with Crippen molar-refractivity contribution >= 4 is 27.4 Å². The minimum absolute atomic E-state index is 0.101. The van der Waals surface area contributed by atoms with Gasteiger partial charge in [-0.3, -0.25) is 9.59 Å². The number of carbonyl (C=O) groups excluding carboxylic acids is 2. The maximum absolute atomic E-state index is 14.5. The van der Waals surface area contributed by atoms with Crippen LogP contribution in [0.15, 0.2) is 71.6 Å². The molecule has 0 aliphatic rings. The molecule has 3 aromatic rings. The van der Waals surface area contributed by atoms with Crippen LogP contribution in [-0.4, -0.2) is 38.0 Å². The Labute approximate surface area is 184 Å². The Hall–Kier alpha value is -3.43. The maximum Gasteiger partial charge on any atom is 0.243 e.